The maximum Gasteiger partial charge on any atom is 0.328 e. The molecule has 5 heteroatoms. The Kier molecular flexibility index (Phi) is 4.59. The van der Waals surface area contributed by atoms with E-state index in [1.807, 2.05) is 0 Å². The molecule has 0 amide bonds. The van der Waals surface area contributed by atoms with Crippen molar-refractivity contribution in [1.82, 2.24) is 0 Å². The molecule has 0 heterocycles. The van der Waals surface area contributed by atoms with E-state index in [0.717, 1.165) is 6.08 Å². The average molecular weight is 252 g/mol. The van der Waals surface area contributed by atoms with Crippen LogP contribution in [-0.2, 0) is 4.79 Å². The molecular weight excluding hydrogens is 236 g/mol. The second-order valence-corrected chi connectivity index (χ2v) is 3.58. The van der Waals surface area contributed by atoms with Crippen LogP contribution in [0, 0.1) is 0 Å². The SMILES string of the molecule is COc1cc(/C(C)=C\C(=O)O)cc(OC)c1OC. The van der Waals surface area contributed by atoms with Gasteiger partial charge in [-0.3, -0.25) is 0 Å². The third-order valence-corrected chi connectivity index (χ3v) is 2.46. The van der Waals surface area contributed by atoms with Crippen molar-refractivity contribution in [1.29, 1.82) is 0 Å². The number of hydrogen-bond acceptors (Lipinski definition) is 4. The van der Waals surface area contributed by atoms with E-state index in [1.54, 1.807) is 19.1 Å². The molecule has 0 saturated carbocycles. The fraction of sp³-hybridized carbons (Fsp3) is 0.308. The van der Waals surface area contributed by atoms with Crippen LogP contribution in [0.25, 0.3) is 5.57 Å². The number of hydrogen-bond donors (Lipinski definition) is 1. The predicted octanol–water partition coefficient (Wildman–Crippen LogP) is 2.20. The monoisotopic (exact) mass is 252 g/mol. The summed E-state index contributed by atoms with van der Waals surface area (Å²) < 4.78 is 15.6. The van der Waals surface area contributed by atoms with E-state index in [2.05, 4.69) is 0 Å². The van der Waals surface area contributed by atoms with Gasteiger partial charge in [-0.15, -0.1) is 0 Å². The molecule has 98 valence electrons. The topological polar surface area (TPSA) is 65.0 Å². The Labute approximate surface area is 106 Å². The van der Waals surface area contributed by atoms with Crippen LogP contribution in [0.4, 0.5) is 0 Å². The highest BCUT2D eigenvalue weighted by molar-refractivity contribution is 5.90. The van der Waals surface area contributed by atoms with Gasteiger partial charge in [0, 0.05) is 6.08 Å². The number of carboxylic acids is 1. The van der Waals surface area contributed by atoms with Crippen molar-refractivity contribution in [3.05, 3.63) is 23.8 Å². The first kappa shape index (κ1) is 13.9. The molecule has 0 aliphatic heterocycles. The normalized spacial score (nSPS) is 11.0. The molecule has 18 heavy (non-hydrogen) atoms. The largest absolute Gasteiger partial charge is 0.493 e. The Morgan fingerprint density at radius 3 is 1.94 bits per heavy atom. The van der Waals surface area contributed by atoms with Crippen LogP contribution < -0.4 is 14.2 Å². The van der Waals surface area contributed by atoms with Crippen molar-refractivity contribution in [3.8, 4) is 17.2 Å². The molecule has 0 fully saturated rings. The molecule has 0 saturated heterocycles. The number of methoxy groups -OCH3 is 3. The molecule has 1 aromatic carbocycles. The Morgan fingerprint density at radius 1 is 1.11 bits per heavy atom. The van der Waals surface area contributed by atoms with E-state index >= 15 is 0 Å². The average Bonchev–Trinajstić information content (AvgIpc) is 2.35. The lowest BCUT2D eigenvalue weighted by molar-refractivity contribution is -0.131. The summed E-state index contributed by atoms with van der Waals surface area (Å²) in [6.45, 7) is 1.70. The van der Waals surface area contributed by atoms with Crippen molar-refractivity contribution in [2.75, 3.05) is 21.3 Å². The van der Waals surface area contributed by atoms with E-state index in [-0.39, 0.29) is 0 Å². The van der Waals surface area contributed by atoms with Gasteiger partial charge in [0.15, 0.2) is 11.5 Å². The predicted molar refractivity (Wildman–Crippen MR) is 67.4 cm³/mol. The number of carbonyl (C=O) groups is 1. The van der Waals surface area contributed by atoms with Gasteiger partial charge in [0.25, 0.3) is 0 Å². The quantitative estimate of drug-likeness (QED) is 0.814. The summed E-state index contributed by atoms with van der Waals surface area (Å²) in [6, 6.07) is 3.41. The van der Waals surface area contributed by atoms with Gasteiger partial charge in [-0.2, -0.15) is 0 Å². The number of carboxylic acid groups (broad SMARTS) is 1. The molecule has 0 aliphatic rings. The zero-order valence-corrected chi connectivity index (χ0v) is 10.8. The number of benzene rings is 1. The molecule has 0 spiro atoms. The molecule has 0 aliphatic carbocycles. The maximum absolute atomic E-state index is 10.7. The highest BCUT2D eigenvalue weighted by Crippen LogP contribution is 2.39. The van der Waals surface area contributed by atoms with Gasteiger partial charge >= 0.3 is 5.97 Å². The minimum Gasteiger partial charge on any atom is -0.493 e. The van der Waals surface area contributed by atoms with Gasteiger partial charge in [-0.25, -0.2) is 4.79 Å². The van der Waals surface area contributed by atoms with Crippen LogP contribution in [0.3, 0.4) is 0 Å². The van der Waals surface area contributed by atoms with Gasteiger partial charge in [-0.05, 0) is 30.2 Å². The number of rotatable bonds is 5. The lowest BCUT2D eigenvalue weighted by Gasteiger charge is -2.14. The molecule has 1 aromatic rings. The van der Waals surface area contributed by atoms with Gasteiger partial charge in [0.05, 0.1) is 21.3 Å². The summed E-state index contributed by atoms with van der Waals surface area (Å²) >= 11 is 0. The van der Waals surface area contributed by atoms with Crippen LogP contribution in [-0.4, -0.2) is 32.4 Å². The van der Waals surface area contributed by atoms with Gasteiger partial charge in [0.2, 0.25) is 5.75 Å². The highest BCUT2D eigenvalue weighted by Gasteiger charge is 2.14. The van der Waals surface area contributed by atoms with E-state index in [4.69, 9.17) is 19.3 Å². The zero-order chi connectivity index (χ0) is 13.7. The van der Waals surface area contributed by atoms with E-state index < -0.39 is 5.97 Å². The van der Waals surface area contributed by atoms with Crippen LogP contribution in [0.2, 0.25) is 0 Å². The molecular formula is C13H16O5. The molecule has 0 unspecified atom stereocenters. The fourth-order valence-corrected chi connectivity index (χ4v) is 1.58. The first-order chi connectivity index (χ1) is 8.53. The van der Waals surface area contributed by atoms with Crippen LogP contribution in [0.5, 0.6) is 17.2 Å². The van der Waals surface area contributed by atoms with Crippen molar-refractivity contribution < 1.29 is 24.1 Å². The van der Waals surface area contributed by atoms with Gasteiger partial charge in [0.1, 0.15) is 0 Å². The highest BCUT2D eigenvalue weighted by atomic mass is 16.5. The zero-order valence-electron chi connectivity index (χ0n) is 10.8. The summed E-state index contributed by atoms with van der Waals surface area (Å²) in [5.74, 6) is 0.461. The smallest absolute Gasteiger partial charge is 0.328 e. The minimum atomic E-state index is -0.999. The molecule has 0 aromatic heterocycles. The van der Waals surface area contributed by atoms with Gasteiger partial charge < -0.3 is 19.3 Å². The van der Waals surface area contributed by atoms with Crippen LogP contribution >= 0.6 is 0 Å². The standard InChI is InChI=1S/C13H16O5/c1-8(5-12(14)15)9-6-10(16-2)13(18-4)11(7-9)17-3/h5-7H,1-4H3,(H,14,15)/b8-5-. The van der Waals surface area contributed by atoms with Crippen LogP contribution in [0.1, 0.15) is 12.5 Å². The third-order valence-electron chi connectivity index (χ3n) is 2.46. The molecule has 1 N–H and O–H groups in total. The Hall–Kier alpha value is -2.17. The second-order valence-electron chi connectivity index (χ2n) is 3.58. The third kappa shape index (κ3) is 2.94. The number of aliphatic carboxylic acids is 1. The molecule has 5 nitrogen and oxygen atoms in total. The number of allylic oxidation sites excluding steroid dienone is 1. The summed E-state index contributed by atoms with van der Waals surface area (Å²) in [6.07, 6.45) is 1.13. The van der Waals surface area contributed by atoms with Crippen molar-refractivity contribution in [2.24, 2.45) is 0 Å². The first-order valence-corrected chi connectivity index (χ1v) is 5.25. The van der Waals surface area contributed by atoms with Crippen molar-refractivity contribution in [2.45, 2.75) is 6.92 Å². The second kappa shape index (κ2) is 5.95. The lowest BCUT2D eigenvalue weighted by atomic mass is 10.1. The Balaban J connectivity index is 3.36. The van der Waals surface area contributed by atoms with E-state index in [0.29, 0.717) is 28.4 Å². The summed E-state index contributed by atoms with van der Waals surface area (Å²) in [5.41, 5.74) is 1.30. The van der Waals surface area contributed by atoms with Crippen molar-refractivity contribution >= 4 is 11.5 Å². The molecule has 0 bridgehead atoms. The number of ether oxygens (including phenoxy) is 3. The minimum absolute atomic E-state index is 0.479. The van der Waals surface area contributed by atoms with E-state index in [9.17, 15) is 4.79 Å². The molecule has 0 radical (unpaired) electrons. The van der Waals surface area contributed by atoms with Crippen molar-refractivity contribution in [3.63, 3.8) is 0 Å². The van der Waals surface area contributed by atoms with Gasteiger partial charge in [-0.1, -0.05) is 0 Å². The summed E-state index contributed by atoms with van der Waals surface area (Å²) in [5, 5.41) is 8.74. The molecule has 0 atom stereocenters. The summed E-state index contributed by atoms with van der Waals surface area (Å²) in [4.78, 5) is 10.7. The van der Waals surface area contributed by atoms with E-state index in [1.165, 1.54) is 21.3 Å². The molecule has 1 rings (SSSR count). The Bertz CT molecular complexity index is 451. The fourth-order valence-electron chi connectivity index (χ4n) is 1.58. The Morgan fingerprint density at radius 2 is 1.61 bits per heavy atom. The first-order valence-electron chi connectivity index (χ1n) is 5.25. The van der Waals surface area contributed by atoms with Crippen LogP contribution in [0.15, 0.2) is 18.2 Å². The summed E-state index contributed by atoms with van der Waals surface area (Å²) in [7, 11) is 4.54. The lowest BCUT2D eigenvalue weighted by Crippen LogP contribution is -1.97. The maximum atomic E-state index is 10.7.